The van der Waals surface area contributed by atoms with Crippen molar-refractivity contribution in [2.24, 2.45) is 0 Å². The second-order valence-electron chi connectivity index (χ2n) is 4.47. The Morgan fingerprint density at radius 3 is 2.72 bits per heavy atom. The molecule has 0 saturated carbocycles. The van der Waals surface area contributed by atoms with Crippen LogP contribution in [0.4, 0.5) is 13.2 Å². The zero-order valence-corrected chi connectivity index (χ0v) is 11.4. The van der Waals surface area contributed by atoms with Gasteiger partial charge >= 0.3 is 6.18 Å². The Labute approximate surface area is 110 Å². The molecule has 1 aliphatic rings. The van der Waals surface area contributed by atoms with Gasteiger partial charge in [-0.2, -0.15) is 18.3 Å². The molecular weight excluding hydrogens is 317 g/mol. The Morgan fingerprint density at radius 1 is 1.56 bits per heavy atom. The minimum absolute atomic E-state index is 0.00384. The molecule has 1 aromatic rings. The van der Waals surface area contributed by atoms with Crippen LogP contribution < -0.4 is 0 Å². The molecule has 0 radical (unpaired) electrons. The van der Waals surface area contributed by atoms with Gasteiger partial charge in [0.1, 0.15) is 6.10 Å². The lowest BCUT2D eigenvalue weighted by molar-refractivity contribution is -0.149. The monoisotopic (exact) mass is 328 g/mol. The number of nitrogens with zero attached hydrogens (tertiary/aromatic N) is 2. The number of aromatic nitrogens is 2. The van der Waals surface area contributed by atoms with Gasteiger partial charge in [0.2, 0.25) is 0 Å². The van der Waals surface area contributed by atoms with E-state index >= 15 is 0 Å². The summed E-state index contributed by atoms with van der Waals surface area (Å²) in [5.74, 6) is -0.757. The first-order chi connectivity index (χ1) is 8.19. The third kappa shape index (κ3) is 2.86. The fraction of sp³-hybridized carbons (Fsp3) is 0.700. The van der Waals surface area contributed by atoms with E-state index in [1.54, 1.807) is 13.8 Å². The molecule has 0 N–H and O–H groups in total. The lowest BCUT2D eigenvalue weighted by Gasteiger charge is -2.18. The van der Waals surface area contributed by atoms with Gasteiger partial charge in [-0.15, -0.1) is 0 Å². The van der Waals surface area contributed by atoms with Crippen molar-refractivity contribution in [3.8, 4) is 0 Å². The van der Waals surface area contributed by atoms with Crippen molar-refractivity contribution in [1.29, 1.82) is 0 Å². The molecule has 102 valence electrons. The molecule has 4 nitrogen and oxygen atoms in total. The van der Waals surface area contributed by atoms with Crippen LogP contribution >= 0.6 is 15.9 Å². The zero-order chi connectivity index (χ0) is 13.6. The topological polar surface area (TPSA) is 36.3 Å². The van der Waals surface area contributed by atoms with Crippen LogP contribution in [0.2, 0.25) is 0 Å². The summed E-state index contributed by atoms with van der Waals surface area (Å²) in [4.78, 5) is 0. The second kappa shape index (κ2) is 4.50. The van der Waals surface area contributed by atoms with Gasteiger partial charge < -0.3 is 9.47 Å². The van der Waals surface area contributed by atoms with Crippen molar-refractivity contribution in [3.63, 3.8) is 0 Å². The number of hydrogen-bond acceptors (Lipinski definition) is 3. The predicted octanol–water partition coefficient (Wildman–Crippen LogP) is 2.82. The van der Waals surface area contributed by atoms with Gasteiger partial charge in [-0.3, -0.25) is 4.68 Å². The van der Waals surface area contributed by atoms with Crippen molar-refractivity contribution in [2.75, 3.05) is 6.61 Å². The van der Waals surface area contributed by atoms with Gasteiger partial charge in [-0.25, -0.2) is 0 Å². The number of alkyl halides is 3. The van der Waals surface area contributed by atoms with Crippen LogP contribution in [0.25, 0.3) is 0 Å². The summed E-state index contributed by atoms with van der Waals surface area (Å²) in [6, 6.07) is 0. The lowest BCUT2D eigenvalue weighted by Crippen LogP contribution is -2.26. The molecule has 1 atom stereocenters. The molecule has 1 saturated heterocycles. The molecule has 18 heavy (non-hydrogen) atoms. The molecule has 2 heterocycles. The van der Waals surface area contributed by atoms with Gasteiger partial charge in [0.05, 0.1) is 23.8 Å². The first-order valence-electron chi connectivity index (χ1n) is 5.29. The highest BCUT2D eigenvalue weighted by Gasteiger charge is 2.39. The Kier molecular flexibility index (Phi) is 3.46. The summed E-state index contributed by atoms with van der Waals surface area (Å²) in [6.07, 6.45) is -3.76. The molecule has 0 bridgehead atoms. The number of rotatable bonds is 2. The summed E-state index contributed by atoms with van der Waals surface area (Å²) in [5, 5.41) is 3.71. The molecular formula is C10H12BrF3N2O2. The molecule has 1 aromatic heterocycles. The van der Waals surface area contributed by atoms with E-state index in [1.165, 1.54) is 0 Å². The smallest absolute Gasteiger partial charge is 0.348 e. The highest BCUT2D eigenvalue weighted by atomic mass is 79.9. The Hall–Kier alpha value is -0.600. The van der Waals surface area contributed by atoms with E-state index in [2.05, 4.69) is 21.0 Å². The molecule has 8 heteroatoms. The van der Waals surface area contributed by atoms with E-state index in [-0.39, 0.29) is 17.6 Å². The van der Waals surface area contributed by atoms with Crippen LogP contribution in [0.15, 0.2) is 10.7 Å². The Bertz CT molecular complexity index is 445. The fourth-order valence-electron chi connectivity index (χ4n) is 1.83. The van der Waals surface area contributed by atoms with Gasteiger partial charge in [-0.05, 0) is 29.8 Å². The summed E-state index contributed by atoms with van der Waals surface area (Å²) in [7, 11) is 0. The van der Waals surface area contributed by atoms with Crippen molar-refractivity contribution >= 4 is 15.9 Å². The molecule has 0 spiro atoms. The first kappa shape index (κ1) is 13.8. The normalized spacial score (nSPS) is 23.6. The maximum absolute atomic E-state index is 12.8. The van der Waals surface area contributed by atoms with E-state index in [1.807, 2.05) is 0 Å². The minimum atomic E-state index is -4.45. The van der Waals surface area contributed by atoms with Gasteiger partial charge in [-0.1, -0.05) is 0 Å². The fourth-order valence-corrected chi connectivity index (χ4v) is 2.35. The molecule has 1 fully saturated rings. The average molecular weight is 329 g/mol. The third-order valence-corrected chi connectivity index (χ3v) is 3.09. The molecule has 1 aliphatic heterocycles. The van der Waals surface area contributed by atoms with E-state index in [4.69, 9.17) is 9.47 Å². The van der Waals surface area contributed by atoms with Crippen LogP contribution in [0.3, 0.4) is 0 Å². The lowest BCUT2D eigenvalue weighted by atomic mass is 10.3. The molecule has 0 amide bonds. The minimum Gasteiger partial charge on any atom is -0.348 e. The van der Waals surface area contributed by atoms with Crippen LogP contribution in [0.5, 0.6) is 0 Å². The SMILES string of the molecule is CC1(C)OCC(Cn2ncc(Br)c2C(F)(F)F)O1. The van der Waals surface area contributed by atoms with Crippen LogP contribution in [0.1, 0.15) is 19.5 Å². The maximum atomic E-state index is 12.8. The van der Waals surface area contributed by atoms with Gasteiger partial charge in [0, 0.05) is 0 Å². The number of hydrogen-bond donors (Lipinski definition) is 0. The van der Waals surface area contributed by atoms with Crippen LogP contribution in [0, 0.1) is 0 Å². The van der Waals surface area contributed by atoms with E-state index in [0.29, 0.717) is 0 Å². The van der Waals surface area contributed by atoms with Crippen molar-refractivity contribution in [2.45, 2.75) is 38.5 Å². The first-order valence-corrected chi connectivity index (χ1v) is 6.08. The standard InChI is InChI=1S/C10H12BrF3N2O2/c1-9(2)17-5-6(18-9)4-16-8(10(12,13)14)7(11)3-15-16/h3,6H,4-5H2,1-2H3. The van der Waals surface area contributed by atoms with E-state index < -0.39 is 23.8 Å². The van der Waals surface area contributed by atoms with Crippen molar-refractivity contribution in [3.05, 3.63) is 16.4 Å². The van der Waals surface area contributed by atoms with Crippen molar-refractivity contribution < 1.29 is 22.6 Å². The molecule has 0 aromatic carbocycles. The second-order valence-corrected chi connectivity index (χ2v) is 5.33. The maximum Gasteiger partial charge on any atom is 0.434 e. The van der Waals surface area contributed by atoms with Crippen molar-refractivity contribution in [1.82, 2.24) is 9.78 Å². The summed E-state index contributed by atoms with van der Waals surface area (Å²) in [5.41, 5.74) is -0.809. The van der Waals surface area contributed by atoms with Crippen LogP contribution in [-0.2, 0) is 22.2 Å². The predicted molar refractivity (Wildman–Crippen MR) is 59.8 cm³/mol. The van der Waals surface area contributed by atoms with Gasteiger partial charge in [0.25, 0.3) is 0 Å². The van der Waals surface area contributed by atoms with Gasteiger partial charge in [0.15, 0.2) is 11.5 Å². The summed E-state index contributed by atoms with van der Waals surface area (Å²) >= 11 is 2.85. The molecule has 1 unspecified atom stereocenters. The van der Waals surface area contributed by atoms with Crippen LogP contribution in [-0.4, -0.2) is 28.3 Å². The average Bonchev–Trinajstić information content (AvgIpc) is 2.69. The van der Waals surface area contributed by atoms with E-state index in [9.17, 15) is 13.2 Å². The zero-order valence-electron chi connectivity index (χ0n) is 9.79. The highest BCUT2D eigenvalue weighted by molar-refractivity contribution is 9.10. The summed E-state index contributed by atoms with van der Waals surface area (Å²) < 4.78 is 50.0. The number of ether oxygens (including phenoxy) is 2. The summed E-state index contributed by atoms with van der Waals surface area (Å²) in [6.45, 7) is 3.69. The quantitative estimate of drug-likeness (QED) is 0.837. The molecule has 2 rings (SSSR count). The Morgan fingerprint density at radius 2 is 2.22 bits per heavy atom. The van der Waals surface area contributed by atoms with E-state index in [0.717, 1.165) is 10.9 Å². The Balaban J connectivity index is 2.16. The third-order valence-electron chi connectivity index (χ3n) is 2.51. The number of halogens is 4. The molecule has 0 aliphatic carbocycles. The largest absolute Gasteiger partial charge is 0.434 e. The highest BCUT2D eigenvalue weighted by Crippen LogP contribution is 2.35.